The molecule has 0 radical (unpaired) electrons. The Morgan fingerprint density at radius 2 is 2.31 bits per heavy atom. The topological polar surface area (TPSA) is 60.4 Å². The minimum Gasteiger partial charge on any atom is -0.494 e. The van der Waals surface area contributed by atoms with Crippen LogP contribution in [-0.2, 0) is 13.5 Å². The lowest BCUT2D eigenvalue weighted by Gasteiger charge is -2.23. The molecule has 0 aliphatic carbocycles. The van der Waals surface area contributed by atoms with Gasteiger partial charge in [-0.1, -0.05) is 0 Å². The molecule has 2 aromatic rings. The number of rotatable bonds is 0. The van der Waals surface area contributed by atoms with E-state index in [1.165, 1.54) is 0 Å². The van der Waals surface area contributed by atoms with E-state index in [0.717, 1.165) is 28.5 Å². The molecule has 3 N–H and O–H groups in total. The third-order valence-corrected chi connectivity index (χ3v) is 3.11. The number of hydrogen-bond acceptors (Lipinski definition) is 3. The van der Waals surface area contributed by atoms with Crippen LogP contribution in [0.3, 0.4) is 0 Å². The maximum atomic E-state index is 10.0. The van der Waals surface area contributed by atoms with Gasteiger partial charge in [-0.25, -0.2) is 0 Å². The summed E-state index contributed by atoms with van der Waals surface area (Å²) in [5.74, 6) is 1.13. The normalized spacial score (nSPS) is 19.5. The van der Waals surface area contributed by atoms with Crippen molar-refractivity contribution in [3.8, 4) is 11.6 Å². The lowest BCUT2D eigenvalue weighted by Crippen LogP contribution is -2.33. The third-order valence-electron chi connectivity index (χ3n) is 3.11. The van der Waals surface area contributed by atoms with Crippen molar-refractivity contribution in [3.63, 3.8) is 0 Å². The van der Waals surface area contributed by atoms with Gasteiger partial charge in [0.25, 0.3) is 0 Å². The van der Waals surface area contributed by atoms with Gasteiger partial charge in [-0.15, -0.1) is 0 Å². The number of fused-ring (bicyclic) bond motifs is 3. The molecule has 4 nitrogen and oxygen atoms in total. The van der Waals surface area contributed by atoms with E-state index in [1.54, 1.807) is 4.57 Å². The van der Waals surface area contributed by atoms with E-state index in [-0.39, 0.29) is 11.9 Å². The first-order valence-corrected chi connectivity index (χ1v) is 5.35. The molecule has 2 heterocycles. The highest BCUT2D eigenvalue weighted by Gasteiger charge is 2.21. The van der Waals surface area contributed by atoms with Gasteiger partial charge in [-0.3, -0.25) is 0 Å². The van der Waals surface area contributed by atoms with Crippen molar-refractivity contribution in [2.75, 3.05) is 6.61 Å². The Bertz CT molecular complexity index is 560. The van der Waals surface area contributed by atoms with E-state index in [0.29, 0.717) is 6.61 Å². The first kappa shape index (κ1) is 9.54. The summed E-state index contributed by atoms with van der Waals surface area (Å²) in [5, 5.41) is 11.9. The molecule has 0 saturated heterocycles. The Balaban J connectivity index is 2.33. The van der Waals surface area contributed by atoms with Gasteiger partial charge >= 0.3 is 0 Å². The Morgan fingerprint density at radius 1 is 1.50 bits per heavy atom. The first-order valence-electron chi connectivity index (χ1n) is 5.35. The van der Waals surface area contributed by atoms with Crippen molar-refractivity contribution >= 4 is 10.8 Å². The number of benzene rings is 1. The standard InChI is InChI=1S/C12H14N2O2/c1-14-5-7-2-3-10-9(11(7)12(14)15)4-8(13)6-16-10/h2-3,5,8,15H,4,6,13H2,1H3. The molecule has 1 aromatic carbocycles. The zero-order chi connectivity index (χ0) is 11.3. The van der Waals surface area contributed by atoms with Crippen molar-refractivity contribution < 1.29 is 9.84 Å². The number of aromatic hydroxyl groups is 1. The molecule has 84 valence electrons. The minimum atomic E-state index is 0.0118. The van der Waals surface area contributed by atoms with Crippen molar-refractivity contribution in [2.45, 2.75) is 12.5 Å². The van der Waals surface area contributed by atoms with Gasteiger partial charge in [0.15, 0.2) is 5.88 Å². The molecule has 1 aliphatic rings. The van der Waals surface area contributed by atoms with E-state index in [2.05, 4.69) is 0 Å². The third kappa shape index (κ3) is 1.20. The second kappa shape index (κ2) is 3.15. The molecule has 0 bridgehead atoms. The average molecular weight is 218 g/mol. The molecule has 0 saturated carbocycles. The predicted molar refractivity (Wildman–Crippen MR) is 61.8 cm³/mol. The van der Waals surface area contributed by atoms with Crippen molar-refractivity contribution in [2.24, 2.45) is 12.8 Å². The van der Waals surface area contributed by atoms with Gasteiger partial charge in [-0.05, 0) is 18.6 Å². The maximum absolute atomic E-state index is 10.0. The summed E-state index contributed by atoms with van der Waals surface area (Å²) in [6.07, 6.45) is 2.66. The summed E-state index contributed by atoms with van der Waals surface area (Å²) < 4.78 is 7.28. The van der Waals surface area contributed by atoms with E-state index in [1.807, 2.05) is 25.4 Å². The van der Waals surface area contributed by atoms with Crippen LogP contribution < -0.4 is 10.5 Å². The zero-order valence-electron chi connectivity index (χ0n) is 9.10. The SMILES string of the molecule is Cn1cc2ccc3c(c2c1O)CC(N)CO3. The fraction of sp³-hybridized carbons (Fsp3) is 0.333. The molecule has 4 heteroatoms. The predicted octanol–water partition coefficient (Wildman–Crippen LogP) is 1.15. The summed E-state index contributed by atoms with van der Waals surface area (Å²) in [7, 11) is 1.82. The number of aryl methyl sites for hydroxylation is 1. The van der Waals surface area contributed by atoms with Crippen LogP contribution in [-0.4, -0.2) is 22.3 Å². The van der Waals surface area contributed by atoms with Crippen molar-refractivity contribution in [3.05, 3.63) is 23.9 Å². The fourth-order valence-electron chi connectivity index (χ4n) is 2.32. The molecule has 1 aromatic heterocycles. The van der Waals surface area contributed by atoms with Gasteiger partial charge in [0, 0.05) is 30.2 Å². The van der Waals surface area contributed by atoms with Gasteiger partial charge in [-0.2, -0.15) is 0 Å². The quantitative estimate of drug-likeness (QED) is 0.697. The van der Waals surface area contributed by atoms with Crippen LogP contribution in [0, 0.1) is 0 Å². The van der Waals surface area contributed by atoms with Gasteiger partial charge in [0.2, 0.25) is 0 Å². The Kier molecular flexibility index (Phi) is 1.88. The minimum absolute atomic E-state index is 0.0118. The summed E-state index contributed by atoms with van der Waals surface area (Å²) >= 11 is 0. The lowest BCUT2D eigenvalue weighted by molar-refractivity contribution is 0.264. The Hall–Kier alpha value is -1.68. The van der Waals surface area contributed by atoms with Gasteiger partial charge in [0.05, 0.1) is 5.39 Å². The van der Waals surface area contributed by atoms with Crippen LogP contribution in [0.1, 0.15) is 5.56 Å². The van der Waals surface area contributed by atoms with Crippen LogP contribution in [0.25, 0.3) is 10.8 Å². The van der Waals surface area contributed by atoms with Crippen LogP contribution in [0.15, 0.2) is 18.3 Å². The number of nitrogens with two attached hydrogens (primary N) is 1. The second-order valence-electron chi connectivity index (χ2n) is 4.35. The first-order chi connectivity index (χ1) is 7.66. The van der Waals surface area contributed by atoms with Crippen molar-refractivity contribution in [1.29, 1.82) is 0 Å². The summed E-state index contributed by atoms with van der Waals surface area (Å²) in [5.41, 5.74) is 6.91. The largest absolute Gasteiger partial charge is 0.494 e. The van der Waals surface area contributed by atoms with Crippen LogP contribution >= 0.6 is 0 Å². The molecule has 3 rings (SSSR count). The maximum Gasteiger partial charge on any atom is 0.199 e. The lowest BCUT2D eigenvalue weighted by atomic mass is 9.98. The molecule has 0 fully saturated rings. The highest BCUT2D eigenvalue weighted by molar-refractivity contribution is 5.93. The highest BCUT2D eigenvalue weighted by atomic mass is 16.5. The number of aromatic nitrogens is 1. The van der Waals surface area contributed by atoms with Gasteiger partial charge < -0.3 is 20.1 Å². The van der Waals surface area contributed by atoms with Crippen LogP contribution in [0.2, 0.25) is 0 Å². The highest BCUT2D eigenvalue weighted by Crippen LogP contribution is 2.37. The summed E-state index contributed by atoms with van der Waals surface area (Å²) in [4.78, 5) is 0. The molecule has 1 atom stereocenters. The molecular weight excluding hydrogens is 204 g/mol. The molecule has 0 amide bonds. The smallest absolute Gasteiger partial charge is 0.199 e. The summed E-state index contributed by atoms with van der Waals surface area (Å²) in [6, 6.07) is 3.92. The van der Waals surface area contributed by atoms with Gasteiger partial charge in [0.1, 0.15) is 12.4 Å². The molecule has 16 heavy (non-hydrogen) atoms. The molecule has 0 spiro atoms. The summed E-state index contributed by atoms with van der Waals surface area (Å²) in [6.45, 7) is 0.548. The fourth-order valence-corrected chi connectivity index (χ4v) is 2.32. The Labute approximate surface area is 93.2 Å². The van der Waals surface area contributed by atoms with Crippen LogP contribution in [0.4, 0.5) is 0 Å². The molecular formula is C12H14N2O2. The Morgan fingerprint density at radius 3 is 3.12 bits per heavy atom. The average Bonchev–Trinajstić information content (AvgIpc) is 2.55. The molecule has 1 aliphatic heterocycles. The van der Waals surface area contributed by atoms with Crippen LogP contribution in [0.5, 0.6) is 11.6 Å². The van der Waals surface area contributed by atoms with E-state index >= 15 is 0 Å². The number of hydrogen-bond donors (Lipinski definition) is 2. The second-order valence-corrected chi connectivity index (χ2v) is 4.35. The van der Waals surface area contributed by atoms with E-state index < -0.39 is 0 Å². The van der Waals surface area contributed by atoms with E-state index in [4.69, 9.17) is 10.5 Å². The van der Waals surface area contributed by atoms with Crippen molar-refractivity contribution in [1.82, 2.24) is 4.57 Å². The monoisotopic (exact) mass is 218 g/mol. The zero-order valence-corrected chi connectivity index (χ0v) is 9.10. The number of ether oxygens (including phenoxy) is 1. The molecule has 1 unspecified atom stereocenters. The number of nitrogens with zero attached hydrogens (tertiary/aromatic N) is 1. The van der Waals surface area contributed by atoms with E-state index in [9.17, 15) is 5.11 Å².